The monoisotopic (exact) mass is 371 g/mol. The van der Waals surface area contributed by atoms with Gasteiger partial charge in [0, 0.05) is 35.6 Å². The molecule has 0 spiro atoms. The molecule has 10 heteroatoms. The standard InChI is InChI=1S/C16H17N7O2S/c1-10-8-11(2)20-15(19-10)22-16-21-12(9-26-16)14(25)17-6-7-23-13(24)4-3-5-18-23/h3-5,8-9H,6-7H2,1-2H3,(H,17,25)(H,19,20,21,22). The minimum atomic E-state index is -0.320. The average molecular weight is 371 g/mol. The summed E-state index contributed by atoms with van der Waals surface area (Å²) < 4.78 is 1.28. The first-order chi connectivity index (χ1) is 12.5. The maximum atomic E-state index is 12.2. The summed E-state index contributed by atoms with van der Waals surface area (Å²) in [5, 5.41) is 11.8. The lowest BCUT2D eigenvalue weighted by Gasteiger charge is -2.05. The van der Waals surface area contributed by atoms with E-state index in [0.29, 0.717) is 11.1 Å². The molecule has 9 nitrogen and oxygen atoms in total. The number of carbonyl (C=O) groups excluding carboxylic acids is 1. The topological polar surface area (TPSA) is 115 Å². The molecule has 1 amide bonds. The Morgan fingerprint density at radius 2 is 2.00 bits per heavy atom. The first-order valence-electron chi connectivity index (χ1n) is 7.86. The van der Waals surface area contributed by atoms with Crippen molar-refractivity contribution in [2.75, 3.05) is 11.9 Å². The molecule has 0 aliphatic carbocycles. The molecule has 0 bridgehead atoms. The van der Waals surface area contributed by atoms with Crippen LogP contribution in [0.2, 0.25) is 0 Å². The fourth-order valence-electron chi connectivity index (χ4n) is 2.23. The van der Waals surface area contributed by atoms with Crippen LogP contribution in [-0.4, -0.2) is 37.2 Å². The van der Waals surface area contributed by atoms with Gasteiger partial charge in [0.1, 0.15) is 5.69 Å². The van der Waals surface area contributed by atoms with Crippen LogP contribution in [0.3, 0.4) is 0 Å². The second kappa shape index (κ2) is 7.83. The van der Waals surface area contributed by atoms with Crippen LogP contribution in [0.1, 0.15) is 21.9 Å². The molecule has 0 saturated carbocycles. The summed E-state index contributed by atoms with van der Waals surface area (Å²) in [5.74, 6) is 0.123. The number of aryl methyl sites for hydroxylation is 2. The zero-order valence-electron chi connectivity index (χ0n) is 14.3. The van der Waals surface area contributed by atoms with E-state index >= 15 is 0 Å². The van der Waals surface area contributed by atoms with Crippen LogP contribution in [-0.2, 0) is 6.54 Å². The normalized spacial score (nSPS) is 10.5. The summed E-state index contributed by atoms with van der Waals surface area (Å²) >= 11 is 1.29. The largest absolute Gasteiger partial charge is 0.349 e. The highest BCUT2D eigenvalue weighted by molar-refractivity contribution is 7.14. The Labute approximate surface area is 153 Å². The summed E-state index contributed by atoms with van der Waals surface area (Å²) in [6.45, 7) is 4.33. The first kappa shape index (κ1) is 17.7. The molecule has 3 aromatic rings. The van der Waals surface area contributed by atoms with Crippen LogP contribution in [0.4, 0.5) is 11.1 Å². The molecular weight excluding hydrogens is 354 g/mol. The van der Waals surface area contributed by atoms with Gasteiger partial charge in [-0.1, -0.05) is 0 Å². The van der Waals surface area contributed by atoms with Crippen LogP contribution in [0.5, 0.6) is 0 Å². The summed E-state index contributed by atoms with van der Waals surface area (Å²) in [4.78, 5) is 36.5. The molecule has 0 unspecified atom stereocenters. The van der Waals surface area contributed by atoms with Crippen LogP contribution >= 0.6 is 11.3 Å². The zero-order chi connectivity index (χ0) is 18.5. The fourth-order valence-corrected chi connectivity index (χ4v) is 2.92. The molecule has 3 aromatic heterocycles. The first-order valence-corrected chi connectivity index (χ1v) is 8.74. The number of carbonyl (C=O) groups is 1. The Hall–Kier alpha value is -3.14. The summed E-state index contributed by atoms with van der Waals surface area (Å²) in [7, 11) is 0. The van der Waals surface area contributed by atoms with Crippen LogP contribution in [0, 0.1) is 13.8 Å². The number of thiazole rings is 1. The third-order valence-electron chi connectivity index (χ3n) is 3.33. The smallest absolute Gasteiger partial charge is 0.270 e. The van der Waals surface area contributed by atoms with Gasteiger partial charge in [-0.3, -0.25) is 9.59 Å². The van der Waals surface area contributed by atoms with Crippen molar-refractivity contribution in [3.05, 3.63) is 57.2 Å². The molecule has 0 saturated heterocycles. The van der Waals surface area contributed by atoms with Gasteiger partial charge < -0.3 is 10.6 Å². The molecule has 134 valence electrons. The van der Waals surface area contributed by atoms with E-state index in [1.54, 1.807) is 11.4 Å². The van der Waals surface area contributed by atoms with Crippen molar-refractivity contribution in [2.24, 2.45) is 0 Å². The third kappa shape index (κ3) is 4.48. The predicted octanol–water partition coefficient (Wildman–Crippen LogP) is 1.28. The summed E-state index contributed by atoms with van der Waals surface area (Å²) in [5.41, 5.74) is 1.77. The molecule has 0 atom stereocenters. The van der Waals surface area contributed by atoms with Gasteiger partial charge in [-0.25, -0.2) is 19.6 Å². The van der Waals surface area contributed by atoms with Gasteiger partial charge in [0.15, 0.2) is 5.13 Å². The van der Waals surface area contributed by atoms with Crippen molar-refractivity contribution < 1.29 is 4.79 Å². The Bertz CT molecular complexity index is 962. The maximum Gasteiger partial charge on any atom is 0.270 e. The van der Waals surface area contributed by atoms with E-state index in [9.17, 15) is 9.59 Å². The number of nitrogens with zero attached hydrogens (tertiary/aromatic N) is 5. The molecule has 0 aliphatic heterocycles. The van der Waals surface area contributed by atoms with E-state index in [2.05, 4.69) is 30.7 Å². The summed E-state index contributed by atoms with van der Waals surface area (Å²) in [6, 6.07) is 4.86. The number of anilines is 2. The summed E-state index contributed by atoms with van der Waals surface area (Å²) in [6.07, 6.45) is 1.52. The third-order valence-corrected chi connectivity index (χ3v) is 4.09. The lowest BCUT2D eigenvalue weighted by atomic mass is 10.4. The van der Waals surface area contributed by atoms with Crippen LogP contribution < -0.4 is 16.2 Å². The zero-order valence-corrected chi connectivity index (χ0v) is 15.1. The van der Waals surface area contributed by atoms with Crippen molar-refractivity contribution in [3.8, 4) is 0 Å². The molecule has 26 heavy (non-hydrogen) atoms. The Morgan fingerprint density at radius 1 is 1.23 bits per heavy atom. The van der Waals surface area contributed by atoms with Gasteiger partial charge in [0.05, 0.1) is 6.54 Å². The number of aromatic nitrogens is 5. The molecule has 0 fully saturated rings. The van der Waals surface area contributed by atoms with Crippen molar-refractivity contribution in [2.45, 2.75) is 20.4 Å². The van der Waals surface area contributed by atoms with E-state index in [-0.39, 0.29) is 30.2 Å². The molecule has 0 radical (unpaired) electrons. The fraction of sp³-hybridized carbons (Fsp3) is 0.250. The SMILES string of the molecule is Cc1cc(C)nc(Nc2nc(C(=O)NCCn3ncccc3=O)cs2)n1. The van der Waals surface area contributed by atoms with Gasteiger partial charge in [-0.2, -0.15) is 5.10 Å². The lowest BCUT2D eigenvalue weighted by molar-refractivity contribution is 0.0947. The highest BCUT2D eigenvalue weighted by Gasteiger charge is 2.11. The Morgan fingerprint density at radius 3 is 2.73 bits per heavy atom. The van der Waals surface area contributed by atoms with Gasteiger partial charge in [0.2, 0.25) is 5.95 Å². The number of amides is 1. The van der Waals surface area contributed by atoms with E-state index < -0.39 is 0 Å². The van der Waals surface area contributed by atoms with Gasteiger partial charge >= 0.3 is 0 Å². The van der Waals surface area contributed by atoms with Crippen molar-refractivity contribution in [3.63, 3.8) is 0 Å². The number of hydrogen-bond donors (Lipinski definition) is 2. The van der Waals surface area contributed by atoms with E-state index in [1.807, 2.05) is 19.9 Å². The van der Waals surface area contributed by atoms with Crippen molar-refractivity contribution in [1.29, 1.82) is 0 Å². The van der Waals surface area contributed by atoms with Gasteiger partial charge in [-0.05, 0) is 26.0 Å². The molecule has 2 N–H and O–H groups in total. The predicted molar refractivity (Wildman–Crippen MR) is 97.7 cm³/mol. The highest BCUT2D eigenvalue weighted by Crippen LogP contribution is 2.19. The van der Waals surface area contributed by atoms with Gasteiger partial charge in [-0.15, -0.1) is 11.3 Å². The molecule has 0 aromatic carbocycles. The molecule has 3 rings (SSSR count). The molecular formula is C16H17N7O2S. The Balaban J connectivity index is 1.57. The number of nitrogens with one attached hydrogen (secondary N) is 2. The number of rotatable bonds is 6. The quantitative estimate of drug-likeness (QED) is 0.671. The van der Waals surface area contributed by atoms with E-state index in [4.69, 9.17) is 0 Å². The Kier molecular flexibility index (Phi) is 5.32. The number of hydrogen-bond acceptors (Lipinski definition) is 8. The van der Waals surface area contributed by atoms with E-state index in [0.717, 1.165) is 11.4 Å². The van der Waals surface area contributed by atoms with Crippen molar-refractivity contribution >= 4 is 28.3 Å². The maximum absolute atomic E-state index is 12.2. The molecule has 0 aliphatic rings. The minimum absolute atomic E-state index is 0.213. The average Bonchev–Trinajstić information content (AvgIpc) is 3.04. The van der Waals surface area contributed by atoms with Crippen LogP contribution in [0.15, 0.2) is 34.6 Å². The van der Waals surface area contributed by atoms with E-state index in [1.165, 1.54) is 28.3 Å². The second-order valence-corrected chi connectivity index (χ2v) is 6.34. The van der Waals surface area contributed by atoms with Crippen LogP contribution in [0.25, 0.3) is 0 Å². The minimum Gasteiger partial charge on any atom is -0.349 e. The highest BCUT2D eigenvalue weighted by atomic mass is 32.1. The van der Waals surface area contributed by atoms with Gasteiger partial charge in [0.25, 0.3) is 11.5 Å². The lowest BCUT2D eigenvalue weighted by Crippen LogP contribution is -2.31. The molecule has 3 heterocycles. The van der Waals surface area contributed by atoms with Crippen molar-refractivity contribution in [1.82, 2.24) is 30.0 Å². The second-order valence-electron chi connectivity index (χ2n) is 5.48.